The van der Waals surface area contributed by atoms with Gasteiger partial charge in [0, 0.05) is 37.8 Å². The Bertz CT molecular complexity index is 883. The quantitative estimate of drug-likeness (QED) is 0.712. The monoisotopic (exact) mass is 419 g/mol. The Morgan fingerprint density at radius 1 is 1.11 bits per heavy atom. The van der Waals surface area contributed by atoms with Gasteiger partial charge < -0.3 is 5.32 Å². The maximum atomic E-state index is 12.8. The molecule has 28 heavy (non-hydrogen) atoms. The zero-order valence-corrected chi connectivity index (χ0v) is 17.3. The van der Waals surface area contributed by atoms with Crippen LogP contribution in [0.2, 0.25) is 0 Å². The number of thioether (sulfide) groups is 1. The number of carbonyl (C=O) groups is 1. The van der Waals surface area contributed by atoms with Crippen LogP contribution >= 0.6 is 11.8 Å². The van der Waals surface area contributed by atoms with Crippen molar-refractivity contribution in [3.63, 3.8) is 0 Å². The molecule has 1 amide bonds. The second-order valence-electron chi connectivity index (χ2n) is 6.74. The molecule has 1 fully saturated rings. The van der Waals surface area contributed by atoms with E-state index in [1.807, 2.05) is 18.2 Å². The van der Waals surface area contributed by atoms with Crippen LogP contribution < -0.4 is 5.32 Å². The van der Waals surface area contributed by atoms with Gasteiger partial charge in [-0.05, 0) is 42.2 Å². The highest BCUT2D eigenvalue weighted by Gasteiger charge is 2.25. The lowest BCUT2D eigenvalue weighted by molar-refractivity contribution is -0.118. The van der Waals surface area contributed by atoms with Crippen molar-refractivity contribution in [1.29, 1.82) is 0 Å². The molecule has 0 atom stereocenters. The molecule has 6 nitrogen and oxygen atoms in total. The Morgan fingerprint density at radius 3 is 2.64 bits per heavy atom. The normalized spacial score (nSPS) is 15.3. The third-order valence-electron chi connectivity index (χ3n) is 4.57. The minimum Gasteiger partial charge on any atom is -0.351 e. The lowest BCUT2D eigenvalue weighted by Gasteiger charge is -2.26. The van der Waals surface area contributed by atoms with E-state index in [2.05, 4.69) is 10.3 Å². The molecule has 0 saturated carbocycles. The van der Waals surface area contributed by atoms with E-state index in [9.17, 15) is 13.2 Å². The molecule has 0 radical (unpaired) electrons. The molecule has 8 heteroatoms. The van der Waals surface area contributed by atoms with Crippen LogP contribution in [0, 0.1) is 0 Å². The number of sulfonamides is 1. The fraction of sp³-hybridized carbons (Fsp3) is 0.400. The van der Waals surface area contributed by atoms with Crippen molar-refractivity contribution in [3.05, 3.63) is 59.9 Å². The molecule has 1 aliphatic heterocycles. The van der Waals surface area contributed by atoms with E-state index in [4.69, 9.17) is 0 Å². The minimum absolute atomic E-state index is 0.0711. The van der Waals surface area contributed by atoms with Crippen LogP contribution in [0.5, 0.6) is 0 Å². The zero-order valence-electron chi connectivity index (χ0n) is 15.7. The summed E-state index contributed by atoms with van der Waals surface area (Å²) in [5, 5.41) is 2.86. The molecule has 1 aliphatic rings. The number of hydrogen-bond donors (Lipinski definition) is 1. The molecule has 1 aromatic carbocycles. The van der Waals surface area contributed by atoms with Gasteiger partial charge >= 0.3 is 0 Å². The number of hydrogen-bond acceptors (Lipinski definition) is 5. The summed E-state index contributed by atoms with van der Waals surface area (Å²) in [5.74, 6) is 1.00. The summed E-state index contributed by atoms with van der Waals surface area (Å²) >= 11 is 1.52. The third-order valence-corrected chi connectivity index (χ3v) is 7.46. The Labute approximate surface area is 170 Å². The highest BCUT2D eigenvalue weighted by Crippen LogP contribution is 2.21. The Balaban J connectivity index is 1.50. The average Bonchev–Trinajstić information content (AvgIpc) is 2.74. The molecule has 0 bridgehead atoms. The second-order valence-corrected chi connectivity index (χ2v) is 9.67. The van der Waals surface area contributed by atoms with E-state index in [-0.39, 0.29) is 5.91 Å². The summed E-state index contributed by atoms with van der Waals surface area (Å²) in [6, 6.07) is 10.7. The van der Waals surface area contributed by atoms with Gasteiger partial charge in [-0.3, -0.25) is 9.78 Å². The van der Waals surface area contributed by atoms with E-state index in [0.29, 0.717) is 30.3 Å². The van der Waals surface area contributed by atoms with Crippen molar-refractivity contribution >= 4 is 27.7 Å². The number of amides is 1. The Hall–Kier alpha value is -1.90. The predicted octanol–water partition coefficient (Wildman–Crippen LogP) is 2.81. The Kier molecular flexibility index (Phi) is 7.47. The van der Waals surface area contributed by atoms with Crippen LogP contribution in [0.1, 0.15) is 30.4 Å². The van der Waals surface area contributed by atoms with Gasteiger partial charge in [-0.1, -0.05) is 24.6 Å². The van der Waals surface area contributed by atoms with Gasteiger partial charge in [0.25, 0.3) is 0 Å². The van der Waals surface area contributed by atoms with Gasteiger partial charge in [0.1, 0.15) is 0 Å². The molecule has 2 heterocycles. The summed E-state index contributed by atoms with van der Waals surface area (Å²) < 4.78 is 27.1. The summed E-state index contributed by atoms with van der Waals surface area (Å²) in [7, 11) is -3.46. The van der Waals surface area contributed by atoms with Crippen molar-refractivity contribution in [2.75, 3.05) is 18.8 Å². The van der Waals surface area contributed by atoms with Crippen LogP contribution in [-0.4, -0.2) is 42.5 Å². The molecule has 0 aliphatic carbocycles. The number of piperidine rings is 1. The zero-order chi connectivity index (χ0) is 19.8. The fourth-order valence-corrected chi connectivity index (χ4v) is 5.45. The largest absolute Gasteiger partial charge is 0.351 e. The summed E-state index contributed by atoms with van der Waals surface area (Å²) in [6.07, 6.45) is 6.41. The van der Waals surface area contributed by atoms with E-state index in [1.165, 1.54) is 11.8 Å². The molecular formula is C20H25N3O3S2. The summed E-state index contributed by atoms with van der Waals surface area (Å²) in [4.78, 5) is 16.4. The van der Waals surface area contributed by atoms with E-state index in [1.54, 1.807) is 34.9 Å². The molecule has 150 valence electrons. The highest BCUT2D eigenvalue weighted by atomic mass is 32.2. The maximum Gasteiger partial charge on any atom is 0.243 e. The van der Waals surface area contributed by atoms with Crippen molar-refractivity contribution in [2.45, 2.75) is 36.5 Å². The number of aromatic nitrogens is 1. The molecule has 1 aromatic heterocycles. The number of nitrogens with one attached hydrogen (secondary N) is 1. The van der Waals surface area contributed by atoms with E-state index < -0.39 is 10.0 Å². The van der Waals surface area contributed by atoms with E-state index >= 15 is 0 Å². The second kappa shape index (κ2) is 10.0. The van der Waals surface area contributed by atoms with Gasteiger partial charge in [0.05, 0.1) is 10.6 Å². The Morgan fingerprint density at radius 2 is 1.89 bits per heavy atom. The van der Waals surface area contributed by atoms with Gasteiger partial charge in [-0.25, -0.2) is 8.42 Å². The van der Waals surface area contributed by atoms with Crippen LogP contribution in [-0.2, 0) is 27.1 Å². The first kappa shape index (κ1) is 20.8. The smallest absolute Gasteiger partial charge is 0.243 e. The lowest BCUT2D eigenvalue weighted by atomic mass is 10.2. The first-order valence-electron chi connectivity index (χ1n) is 9.38. The maximum absolute atomic E-state index is 12.8. The highest BCUT2D eigenvalue weighted by molar-refractivity contribution is 7.99. The first-order valence-corrected chi connectivity index (χ1v) is 12.0. The van der Waals surface area contributed by atoms with Crippen molar-refractivity contribution in [1.82, 2.24) is 14.6 Å². The predicted molar refractivity (Wildman–Crippen MR) is 111 cm³/mol. The van der Waals surface area contributed by atoms with E-state index in [0.717, 1.165) is 36.1 Å². The number of benzene rings is 1. The molecule has 2 aromatic rings. The minimum atomic E-state index is -3.46. The van der Waals surface area contributed by atoms with Crippen molar-refractivity contribution < 1.29 is 13.2 Å². The topological polar surface area (TPSA) is 79.4 Å². The molecule has 0 spiro atoms. The average molecular weight is 420 g/mol. The molecule has 1 N–H and O–H groups in total. The fourth-order valence-electron chi connectivity index (χ4n) is 3.07. The SMILES string of the molecule is O=C(CSCc1cccnc1)NCc1cccc(S(=O)(=O)N2CCCCC2)c1. The van der Waals surface area contributed by atoms with Crippen molar-refractivity contribution in [2.24, 2.45) is 0 Å². The molecule has 3 rings (SSSR count). The summed E-state index contributed by atoms with van der Waals surface area (Å²) in [5.41, 5.74) is 1.86. The van der Waals surface area contributed by atoms with Gasteiger partial charge in [0.15, 0.2) is 0 Å². The molecule has 1 saturated heterocycles. The number of pyridine rings is 1. The van der Waals surface area contributed by atoms with Crippen LogP contribution in [0.4, 0.5) is 0 Å². The number of carbonyl (C=O) groups excluding carboxylic acids is 1. The lowest BCUT2D eigenvalue weighted by Crippen LogP contribution is -2.35. The van der Waals surface area contributed by atoms with Crippen LogP contribution in [0.3, 0.4) is 0 Å². The van der Waals surface area contributed by atoms with Gasteiger partial charge in [-0.15, -0.1) is 11.8 Å². The van der Waals surface area contributed by atoms with Crippen LogP contribution in [0.25, 0.3) is 0 Å². The van der Waals surface area contributed by atoms with Crippen molar-refractivity contribution in [3.8, 4) is 0 Å². The number of nitrogens with zero attached hydrogens (tertiary/aromatic N) is 2. The van der Waals surface area contributed by atoms with Gasteiger partial charge in [0.2, 0.25) is 15.9 Å². The van der Waals surface area contributed by atoms with Gasteiger partial charge in [-0.2, -0.15) is 4.31 Å². The standard InChI is InChI=1S/C20H25N3O3S2/c24-20(16-27-15-18-7-5-9-21-13-18)22-14-17-6-4-8-19(12-17)28(25,26)23-10-2-1-3-11-23/h4-9,12-13H,1-3,10-11,14-16H2,(H,22,24). The molecule has 0 unspecified atom stereocenters. The first-order chi connectivity index (χ1) is 13.6. The third kappa shape index (κ3) is 5.80. The summed E-state index contributed by atoms with van der Waals surface area (Å²) in [6.45, 7) is 1.48. The van der Waals surface area contributed by atoms with Crippen LogP contribution in [0.15, 0.2) is 53.7 Å². The number of rotatable bonds is 8. The molecular weight excluding hydrogens is 394 g/mol.